The Morgan fingerprint density at radius 1 is 1.45 bits per heavy atom. The van der Waals surface area contributed by atoms with Crippen LogP contribution in [0.4, 0.5) is 4.39 Å². The molecule has 1 heterocycles. The van der Waals surface area contributed by atoms with Gasteiger partial charge in [-0.2, -0.15) is 0 Å². The Hall–Kier alpha value is -1.95. The van der Waals surface area contributed by atoms with Gasteiger partial charge in [-0.05, 0) is 30.5 Å². The topological polar surface area (TPSA) is 83.6 Å². The summed E-state index contributed by atoms with van der Waals surface area (Å²) >= 11 is 0. The molecule has 3 N–H and O–H groups in total. The van der Waals surface area contributed by atoms with Crippen molar-refractivity contribution in [3.05, 3.63) is 35.6 Å². The first kappa shape index (κ1) is 14.5. The first-order chi connectivity index (χ1) is 9.40. The van der Waals surface area contributed by atoms with Gasteiger partial charge in [0.2, 0.25) is 5.91 Å². The highest BCUT2D eigenvalue weighted by molar-refractivity contribution is 5.85. The van der Waals surface area contributed by atoms with Gasteiger partial charge in [-0.3, -0.25) is 9.59 Å². The zero-order valence-electron chi connectivity index (χ0n) is 11.0. The summed E-state index contributed by atoms with van der Waals surface area (Å²) in [4.78, 5) is 24.8. The summed E-state index contributed by atoms with van der Waals surface area (Å²) in [6.45, 7) is 0.361. The second-order valence-electron chi connectivity index (χ2n) is 5.12. The molecule has 1 aliphatic rings. The fourth-order valence-corrected chi connectivity index (χ4v) is 2.38. The maximum atomic E-state index is 13.1. The monoisotopic (exact) mass is 280 g/mol. The normalized spacial score (nSPS) is 22.6. The van der Waals surface area contributed by atoms with Gasteiger partial charge in [0.1, 0.15) is 5.82 Å². The lowest BCUT2D eigenvalue weighted by Gasteiger charge is -2.37. The molecule has 108 valence electrons. The molecule has 1 fully saturated rings. The van der Waals surface area contributed by atoms with Crippen molar-refractivity contribution in [2.24, 2.45) is 5.73 Å². The summed E-state index contributed by atoms with van der Waals surface area (Å²) in [6.07, 6.45) is 0.799. The molecule has 1 atom stereocenters. The van der Waals surface area contributed by atoms with Crippen LogP contribution in [0.3, 0.4) is 0 Å². The summed E-state index contributed by atoms with van der Waals surface area (Å²) in [5.41, 5.74) is 4.06. The van der Waals surface area contributed by atoms with Crippen molar-refractivity contribution in [1.29, 1.82) is 0 Å². The third kappa shape index (κ3) is 3.14. The molecule has 1 saturated heterocycles. The van der Waals surface area contributed by atoms with Crippen molar-refractivity contribution in [2.75, 3.05) is 13.1 Å². The van der Waals surface area contributed by atoms with Gasteiger partial charge in [0.25, 0.3) is 5.91 Å². The van der Waals surface area contributed by atoms with Crippen LogP contribution < -0.4 is 5.73 Å². The smallest absolute Gasteiger partial charge is 0.251 e. The van der Waals surface area contributed by atoms with Crippen molar-refractivity contribution >= 4 is 11.8 Å². The highest BCUT2D eigenvalue weighted by Crippen LogP contribution is 2.21. The minimum Gasteiger partial charge on any atom is -0.378 e. The van der Waals surface area contributed by atoms with Gasteiger partial charge in [-0.25, -0.2) is 4.39 Å². The fraction of sp³-hybridized carbons (Fsp3) is 0.429. The summed E-state index contributed by atoms with van der Waals surface area (Å²) in [5, 5.41) is 10.0. The number of piperidine rings is 1. The number of hydrogen-bond donors (Lipinski definition) is 2. The molecule has 1 aliphatic heterocycles. The minimum atomic E-state index is -1.66. The van der Waals surface area contributed by atoms with E-state index in [0.29, 0.717) is 18.5 Å². The number of carbonyl (C=O) groups excluding carboxylic acids is 2. The largest absolute Gasteiger partial charge is 0.378 e. The number of benzene rings is 1. The summed E-state index contributed by atoms with van der Waals surface area (Å²) in [7, 11) is 0. The van der Waals surface area contributed by atoms with Crippen LogP contribution in [0, 0.1) is 5.82 Å². The van der Waals surface area contributed by atoms with Crippen LogP contribution in [0.25, 0.3) is 0 Å². The van der Waals surface area contributed by atoms with Crippen LogP contribution in [0.2, 0.25) is 0 Å². The van der Waals surface area contributed by atoms with Gasteiger partial charge in [0.05, 0.1) is 13.0 Å². The number of nitrogens with zero attached hydrogens (tertiary/aromatic N) is 1. The zero-order chi connectivity index (χ0) is 14.8. The number of amides is 2. The Morgan fingerprint density at radius 2 is 2.20 bits per heavy atom. The van der Waals surface area contributed by atoms with Crippen molar-refractivity contribution in [2.45, 2.75) is 24.9 Å². The third-order valence-corrected chi connectivity index (χ3v) is 3.53. The van der Waals surface area contributed by atoms with Crippen LogP contribution >= 0.6 is 0 Å². The molecule has 0 bridgehead atoms. The van der Waals surface area contributed by atoms with Crippen LogP contribution in [-0.4, -0.2) is 40.5 Å². The van der Waals surface area contributed by atoms with E-state index in [1.807, 2.05) is 0 Å². The molecule has 1 aromatic rings. The van der Waals surface area contributed by atoms with Crippen molar-refractivity contribution in [3.63, 3.8) is 0 Å². The molecule has 0 aromatic heterocycles. The maximum absolute atomic E-state index is 13.1. The Bertz CT molecular complexity index is 535. The summed E-state index contributed by atoms with van der Waals surface area (Å²) < 4.78 is 13.1. The van der Waals surface area contributed by atoms with E-state index in [2.05, 4.69) is 0 Å². The molecule has 0 aliphatic carbocycles. The molecule has 2 rings (SSSR count). The van der Waals surface area contributed by atoms with E-state index in [1.165, 1.54) is 23.1 Å². The lowest BCUT2D eigenvalue weighted by atomic mass is 9.92. The lowest BCUT2D eigenvalue weighted by molar-refractivity contribution is -0.148. The predicted octanol–water partition coefficient (Wildman–Crippen LogP) is 0.207. The van der Waals surface area contributed by atoms with Gasteiger partial charge in [0.15, 0.2) is 5.60 Å². The van der Waals surface area contributed by atoms with Gasteiger partial charge in [-0.15, -0.1) is 0 Å². The van der Waals surface area contributed by atoms with E-state index in [0.717, 1.165) is 0 Å². The number of likely N-dealkylation sites (tertiary alicyclic amines) is 1. The fourth-order valence-electron chi connectivity index (χ4n) is 2.38. The van der Waals surface area contributed by atoms with Gasteiger partial charge in [0, 0.05) is 6.54 Å². The SMILES string of the molecule is NC(=O)[C@]1(O)CCCN(C(=O)Cc2cccc(F)c2)C1. The number of nitrogens with two attached hydrogens (primary N) is 1. The standard InChI is InChI=1S/C14H17FN2O3/c15-11-4-1-3-10(7-11)8-12(18)17-6-2-5-14(20,9-17)13(16)19/h1,3-4,7,20H,2,5-6,8-9H2,(H2,16,19)/t14-/m0/s1. The summed E-state index contributed by atoms with van der Waals surface area (Å²) in [5.74, 6) is -1.47. The van der Waals surface area contributed by atoms with Crippen LogP contribution in [0.15, 0.2) is 24.3 Å². The Labute approximate surface area is 116 Å². The maximum Gasteiger partial charge on any atom is 0.251 e. The summed E-state index contributed by atoms with van der Waals surface area (Å²) in [6, 6.07) is 5.79. The van der Waals surface area contributed by atoms with Crippen LogP contribution in [0.5, 0.6) is 0 Å². The van der Waals surface area contributed by atoms with Crippen molar-refractivity contribution in [1.82, 2.24) is 4.90 Å². The Morgan fingerprint density at radius 3 is 2.85 bits per heavy atom. The quantitative estimate of drug-likeness (QED) is 0.830. The molecule has 0 unspecified atom stereocenters. The number of aliphatic hydroxyl groups is 1. The second-order valence-corrected chi connectivity index (χ2v) is 5.12. The van der Waals surface area contributed by atoms with E-state index in [1.54, 1.807) is 6.07 Å². The third-order valence-electron chi connectivity index (χ3n) is 3.53. The van der Waals surface area contributed by atoms with E-state index in [-0.39, 0.29) is 25.3 Å². The first-order valence-corrected chi connectivity index (χ1v) is 6.45. The molecule has 0 saturated carbocycles. The first-order valence-electron chi connectivity index (χ1n) is 6.45. The van der Waals surface area contributed by atoms with Crippen LogP contribution in [-0.2, 0) is 16.0 Å². The zero-order valence-corrected chi connectivity index (χ0v) is 11.0. The lowest BCUT2D eigenvalue weighted by Crippen LogP contribution is -2.57. The number of carbonyl (C=O) groups is 2. The number of primary amides is 1. The van der Waals surface area contributed by atoms with E-state index < -0.39 is 17.3 Å². The number of halogens is 1. The Balaban J connectivity index is 2.04. The molecule has 2 amide bonds. The number of β-amino-alcohol motifs (C(OH)–C–C–N with tert-alkyl or cyclic N) is 1. The molecular formula is C14H17FN2O3. The molecule has 5 nitrogen and oxygen atoms in total. The van der Waals surface area contributed by atoms with Gasteiger partial charge in [-0.1, -0.05) is 12.1 Å². The Kier molecular flexibility index (Phi) is 4.04. The molecular weight excluding hydrogens is 263 g/mol. The van der Waals surface area contributed by atoms with Gasteiger partial charge >= 0.3 is 0 Å². The second kappa shape index (κ2) is 5.58. The number of hydrogen-bond acceptors (Lipinski definition) is 3. The highest BCUT2D eigenvalue weighted by atomic mass is 19.1. The molecule has 1 aromatic carbocycles. The molecule has 6 heteroatoms. The van der Waals surface area contributed by atoms with Crippen molar-refractivity contribution < 1.29 is 19.1 Å². The highest BCUT2D eigenvalue weighted by Gasteiger charge is 2.39. The van der Waals surface area contributed by atoms with Crippen molar-refractivity contribution in [3.8, 4) is 0 Å². The molecule has 0 spiro atoms. The number of rotatable bonds is 3. The molecule has 0 radical (unpaired) electrons. The van der Waals surface area contributed by atoms with E-state index in [9.17, 15) is 19.1 Å². The van der Waals surface area contributed by atoms with E-state index in [4.69, 9.17) is 5.73 Å². The average Bonchev–Trinajstić information content (AvgIpc) is 2.38. The van der Waals surface area contributed by atoms with Crippen LogP contribution in [0.1, 0.15) is 18.4 Å². The molecule has 20 heavy (non-hydrogen) atoms. The average molecular weight is 280 g/mol. The van der Waals surface area contributed by atoms with Gasteiger partial charge < -0.3 is 15.7 Å². The minimum absolute atomic E-state index is 0.0343. The predicted molar refractivity (Wildman–Crippen MR) is 70.1 cm³/mol. The van der Waals surface area contributed by atoms with E-state index >= 15 is 0 Å².